The number of carbonyl (C=O) groups excluding carboxylic acids is 1. The topological polar surface area (TPSA) is 29.5 Å². The van der Waals surface area contributed by atoms with E-state index in [-0.39, 0.29) is 11.7 Å². The minimum absolute atomic E-state index is 0.00399. The first kappa shape index (κ1) is 15.8. The summed E-state index contributed by atoms with van der Waals surface area (Å²) in [5, 5.41) is 0. The number of alkyl halides is 3. The lowest BCUT2D eigenvalue weighted by Crippen LogP contribution is -2.41. The molecule has 0 N–H and O–H groups in total. The highest BCUT2D eigenvalue weighted by atomic mass is 19.4. The number of carbonyl (C=O) groups is 1. The quantitative estimate of drug-likeness (QED) is 0.800. The largest absolute Gasteiger partial charge is 0.497 e. The number of hydrogen-bond acceptors (Lipinski definition) is 3. The molecule has 0 aliphatic carbocycles. The van der Waals surface area contributed by atoms with Crippen LogP contribution in [-0.2, 0) is 0 Å². The zero-order valence-corrected chi connectivity index (χ0v) is 11.8. The number of Topliss-reactive ketones (excluding diaryl/α,β-unsaturated/α-hetero) is 1. The first-order valence-electron chi connectivity index (χ1n) is 6.86. The third-order valence-electron chi connectivity index (χ3n) is 3.74. The molecule has 0 bridgehead atoms. The molecule has 0 aromatic heterocycles. The summed E-state index contributed by atoms with van der Waals surface area (Å²) in [4.78, 5) is 13.7. The Labute approximate surface area is 121 Å². The first-order valence-corrected chi connectivity index (χ1v) is 6.86. The van der Waals surface area contributed by atoms with Gasteiger partial charge in [0.05, 0.1) is 13.7 Å². The molecule has 0 spiro atoms. The average Bonchev–Trinajstić information content (AvgIpc) is 2.46. The molecule has 6 heteroatoms. The molecule has 3 nitrogen and oxygen atoms in total. The molecule has 1 fully saturated rings. The van der Waals surface area contributed by atoms with Gasteiger partial charge in [-0.3, -0.25) is 9.69 Å². The normalized spacial score (nSPS) is 17.7. The summed E-state index contributed by atoms with van der Waals surface area (Å²) >= 11 is 0. The zero-order chi connectivity index (χ0) is 15.5. The van der Waals surface area contributed by atoms with Crippen LogP contribution >= 0.6 is 0 Å². The molecule has 1 saturated heterocycles. The first-order chi connectivity index (χ1) is 9.89. The molecule has 0 saturated carbocycles. The number of benzene rings is 1. The van der Waals surface area contributed by atoms with E-state index in [2.05, 4.69) is 0 Å². The predicted molar refractivity (Wildman–Crippen MR) is 72.5 cm³/mol. The van der Waals surface area contributed by atoms with Crippen molar-refractivity contribution >= 4 is 5.78 Å². The Bertz CT molecular complexity index is 477. The van der Waals surface area contributed by atoms with Crippen molar-refractivity contribution in [3.8, 4) is 5.75 Å². The number of methoxy groups -OCH3 is 1. The van der Waals surface area contributed by atoms with Crippen LogP contribution in [0.15, 0.2) is 24.3 Å². The Morgan fingerprint density at radius 2 is 1.81 bits per heavy atom. The maximum absolute atomic E-state index is 12.3. The van der Waals surface area contributed by atoms with Crippen molar-refractivity contribution in [3.05, 3.63) is 29.8 Å². The maximum Gasteiger partial charge on any atom is 0.401 e. The molecule has 116 valence electrons. The Morgan fingerprint density at radius 3 is 2.29 bits per heavy atom. The molecule has 0 amide bonds. The van der Waals surface area contributed by atoms with Gasteiger partial charge in [-0.1, -0.05) is 0 Å². The molecular formula is C15H18F3NO2. The van der Waals surface area contributed by atoms with Gasteiger partial charge in [0.2, 0.25) is 0 Å². The van der Waals surface area contributed by atoms with Crippen LogP contribution in [0.3, 0.4) is 0 Å². The van der Waals surface area contributed by atoms with Crippen LogP contribution in [0.5, 0.6) is 5.75 Å². The van der Waals surface area contributed by atoms with Gasteiger partial charge >= 0.3 is 6.18 Å². The summed E-state index contributed by atoms with van der Waals surface area (Å²) in [5.74, 6) is 0.485. The lowest BCUT2D eigenvalue weighted by atomic mass is 9.89. The summed E-state index contributed by atoms with van der Waals surface area (Å²) in [6, 6.07) is 6.82. The highest BCUT2D eigenvalue weighted by Gasteiger charge is 2.33. The summed E-state index contributed by atoms with van der Waals surface area (Å²) in [5.41, 5.74) is 0.588. The summed E-state index contributed by atoms with van der Waals surface area (Å²) < 4.78 is 42.0. The van der Waals surface area contributed by atoms with Gasteiger partial charge in [0.15, 0.2) is 5.78 Å². The number of ether oxygens (including phenoxy) is 1. The molecule has 2 rings (SSSR count). The second-order valence-corrected chi connectivity index (χ2v) is 5.26. The Balaban J connectivity index is 1.90. The smallest absolute Gasteiger partial charge is 0.401 e. The van der Waals surface area contributed by atoms with Crippen molar-refractivity contribution in [1.29, 1.82) is 0 Å². The van der Waals surface area contributed by atoms with Gasteiger partial charge in [-0.2, -0.15) is 13.2 Å². The summed E-state index contributed by atoms with van der Waals surface area (Å²) in [6.45, 7) is -0.269. The predicted octanol–water partition coefficient (Wildman–Crippen LogP) is 3.15. The van der Waals surface area contributed by atoms with Gasteiger partial charge in [0.25, 0.3) is 0 Å². The number of likely N-dealkylation sites (tertiary alicyclic amines) is 1. The Hall–Kier alpha value is -1.56. The van der Waals surface area contributed by atoms with E-state index in [1.807, 2.05) is 0 Å². The van der Waals surface area contributed by atoms with Gasteiger partial charge in [-0.05, 0) is 50.2 Å². The number of piperidine rings is 1. The van der Waals surface area contributed by atoms with Crippen LogP contribution in [-0.4, -0.2) is 43.6 Å². The van der Waals surface area contributed by atoms with Crippen molar-refractivity contribution in [2.45, 2.75) is 19.0 Å². The van der Waals surface area contributed by atoms with Crippen molar-refractivity contribution in [2.24, 2.45) is 5.92 Å². The van der Waals surface area contributed by atoms with Gasteiger partial charge in [-0.15, -0.1) is 0 Å². The maximum atomic E-state index is 12.3. The zero-order valence-electron chi connectivity index (χ0n) is 11.8. The van der Waals surface area contributed by atoms with E-state index in [4.69, 9.17) is 4.74 Å². The summed E-state index contributed by atoms with van der Waals surface area (Å²) in [7, 11) is 1.55. The lowest BCUT2D eigenvalue weighted by molar-refractivity contribution is -0.148. The Morgan fingerprint density at radius 1 is 1.24 bits per heavy atom. The molecule has 1 heterocycles. The second-order valence-electron chi connectivity index (χ2n) is 5.26. The molecule has 1 aliphatic heterocycles. The van der Waals surface area contributed by atoms with Gasteiger partial charge < -0.3 is 4.74 Å². The van der Waals surface area contributed by atoms with Gasteiger partial charge in [0, 0.05) is 11.5 Å². The fourth-order valence-corrected chi connectivity index (χ4v) is 2.60. The molecule has 0 radical (unpaired) electrons. The average molecular weight is 301 g/mol. The standard InChI is InChI=1S/C15H18F3NO2/c1-21-13-4-2-11(3-5-13)14(20)12-6-8-19(9-7-12)10-15(16,17)18/h2-5,12H,6-10H2,1H3. The minimum atomic E-state index is -4.17. The molecule has 1 aromatic carbocycles. The highest BCUT2D eigenvalue weighted by molar-refractivity contribution is 5.98. The molecule has 0 unspecified atom stereocenters. The third kappa shape index (κ3) is 4.46. The van der Waals surface area contributed by atoms with Crippen LogP contribution in [0.1, 0.15) is 23.2 Å². The summed E-state index contributed by atoms with van der Waals surface area (Å²) in [6.07, 6.45) is -3.23. The van der Waals surface area contributed by atoms with E-state index in [0.29, 0.717) is 37.2 Å². The molecule has 21 heavy (non-hydrogen) atoms. The molecule has 1 aliphatic rings. The van der Waals surface area contributed by atoms with E-state index >= 15 is 0 Å². The van der Waals surface area contributed by atoms with Crippen molar-refractivity contribution in [1.82, 2.24) is 4.90 Å². The number of nitrogens with zero attached hydrogens (tertiary/aromatic N) is 1. The van der Waals surface area contributed by atoms with E-state index in [9.17, 15) is 18.0 Å². The molecule has 0 atom stereocenters. The highest BCUT2D eigenvalue weighted by Crippen LogP contribution is 2.25. The third-order valence-corrected chi connectivity index (χ3v) is 3.74. The molecular weight excluding hydrogens is 283 g/mol. The second kappa shape index (κ2) is 6.47. The van der Waals surface area contributed by atoms with Crippen LogP contribution in [0, 0.1) is 5.92 Å². The fourth-order valence-electron chi connectivity index (χ4n) is 2.60. The lowest BCUT2D eigenvalue weighted by Gasteiger charge is -2.31. The fraction of sp³-hybridized carbons (Fsp3) is 0.533. The van der Waals surface area contributed by atoms with Gasteiger partial charge in [-0.25, -0.2) is 0 Å². The van der Waals surface area contributed by atoms with Crippen LogP contribution < -0.4 is 4.74 Å². The van der Waals surface area contributed by atoms with E-state index in [1.54, 1.807) is 31.4 Å². The number of halogens is 3. The van der Waals surface area contributed by atoms with Gasteiger partial charge in [0.1, 0.15) is 5.75 Å². The van der Waals surface area contributed by atoms with Crippen molar-refractivity contribution in [2.75, 3.05) is 26.7 Å². The SMILES string of the molecule is COc1ccc(C(=O)C2CCN(CC(F)(F)F)CC2)cc1. The van der Waals surface area contributed by atoms with E-state index in [1.165, 1.54) is 4.90 Å². The number of ketones is 1. The minimum Gasteiger partial charge on any atom is -0.497 e. The van der Waals surface area contributed by atoms with Crippen LogP contribution in [0.2, 0.25) is 0 Å². The monoisotopic (exact) mass is 301 g/mol. The van der Waals surface area contributed by atoms with Crippen molar-refractivity contribution in [3.63, 3.8) is 0 Å². The van der Waals surface area contributed by atoms with Crippen LogP contribution in [0.4, 0.5) is 13.2 Å². The molecule has 1 aromatic rings. The number of hydrogen-bond donors (Lipinski definition) is 0. The van der Waals surface area contributed by atoms with E-state index < -0.39 is 12.7 Å². The van der Waals surface area contributed by atoms with Crippen molar-refractivity contribution < 1.29 is 22.7 Å². The van der Waals surface area contributed by atoms with Crippen LogP contribution in [0.25, 0.3) is 0 Å². The number of rotatable bonds is 4. The Kier molecular flexibility index (Phi) is 4.88. The van der Waals surface area contributed by atoms with E-state index in [0.717, 1.165) is 0 Å².